The van der Waals surface area contributed by atoms with Gasteiger partial charge < -0.3 is 10.6 Å². The summed E-state index contributed by atoms with van der Waals surface area (Å²) >= 11 is 0. The molecule has 2 N–H and O–H groups in total. The third kappa shape index (κ3) is 2.60. The summed E-state index contributed by atoms with van der Waals surface area (Å²) in [6.07, 6.45) is 3.65. The van der Waals surface area contributed by atoms with Gasteiger partial charge in [0.25, 0.3) is 0 Å². The topological polar surface area (TPSA) is 59.5 Å². The van der Waals surface area contributed by atoms with Crippen LogP contribution < -0.4 is 10.6 Å². The van der Waals surface area contributed by atoms with Crippen molar-refractivity contribution in [2.75, 3.05) is 11.9 Å². The van der Waals surface area contributed by atoms with Crippen molar-refractivity contribution in [2.24, 2.45) is 5.73 Å². The van der Waals surface area contributed by atoms with E-state index in [-0.39, 0.29) is 0 Å². The maximum Gasteiger partial charge on any atom is 0.154 e. The monoisotopic (exact) mass is 281 g/mol. The van der Waals surface area contributed by atoms with Crippen molar-refractivity contribution in [2.45, 2.75) is 20.0 Å². The fourth-order valence-corrected chi connectivity index (χ4v) is 2.57. The van der Waals surface area contributed by atoms with E-state index in [0.717, 1.165) is 23.6 Å². The molecule has 0 aliphatic heterocycles. The Labute approximate surface area is 124 Å². The fraction of sp³-hybridized carbons (Fsp3) is 0.250. The molecular formula is C16H19N5. The molecule has 0 amide bonds. The number of aromatic nitrogens is 3. The predicted octanol–water partition coefficient (Wildman–Crippen LogP) is 2.13. The minimum absolute atomic E-state index is 0.549. The minimum atomic E-state index is 0.549. The number of aryl methyl sites for hydroxylation is 1. The van der Waals surface area contributed by atoms with Crippen LogP contribution in [0.25, 0.3) is 5.52 Å². The summed E-state index contributed by atoms with van der Waals surface area (Å²) < 4.78 is 1.86. The van der Waals surface area contributed by atoms with Crippen molar-refractivity contribution in [3.05, 3.63) is 59.5 Å². The highest BCUT2D eigenvalue weighted by Crippen LogP contribution is 2.21. The first-order chi connectivity index (χ1) is 10.2. The zero-order valence-electron chi connectivity index (χ0n) is 12.3. The summed E-state index contributed by atoms with van der Waals surface area (Å²) in [7, 11) is 2.04. The summed E-state index contributed by atoms with van der Waals surface area (Å²) in [5, 5.41) is 4.43. The van der Waals surface area contributed by atoms with Crippen LogP contribution in [0, 0.1) is 6.92 Å². The number of hydrogen-bond acceptors (Lipinski definition) is 4. The third-order valence-corrected chi connectivity index (χ3v) is 3.60. The van der Waals surface area contributed by atoms with E-state index in [1.165, 1.54) is 11.1 Å². The lowest BCUT2D eigenvalue weighted by Gasteiger charge is -2.20. The van der Waals surface area contributed by atoms with E-state index < -0.39 is 0 Å². The van der Waals surface area contributed by atoms with Crippen LogP contribution >= 0.6 is 0 Å². The maximum absolute atomic E-state index is 5.81. The standard InChI is InChI=1S/C16H19N5/c1-12-9-15-16(18-7-8-21(15)19-12)20(2)11-14-6-4-3-5-13(14)10-17/h3-9H,10-11,17H2,1-2H3. The summed E-state index contributed by atoms with van der Waals surface area (Å²) in [6.45, 7) is 3.30. The minimum Gasteiger partial charge on any atom is -0.354 e. The molecule has 1 aromatic carbocycles. The molecule has 0 spiro atoms. The molecule has 0 bridgehead atoms. The van der Waals surface area contributed by atoms with Crippen LogP contribution in [-0.4, -0.2) is 21.6 Å². The molecule has 0 aliphatic carbocycles. The molecule has 3 rings (SSSR count). The van der Waals surface area contributed by atoms with Crippen LogP contribution in [-0.2, 0) is 13.1 Å². The number of rotatable bonds is 4. The van der Waals surface area contributed by atoms with E-state index >= 15 is 0 Å². The predicted molar refractivity (Wildman–Crippen MR) is 84.2 cm³/mol. The van der Waals surface area contributed by atoms with E-state index in [9.17, 15) is 0 Å². The van der Waals surface area contributed by atoms with Crippen LogP contribution in [0.15, 0.2) is 42.7 Å². The van der Waals surface area contributed by atoms with E-state index in [1.807, 2.05) is 42.9 Å². The summed E-state index contributed by atoms with van der Waals surface area (Å²) in [4.78, 5) is 6.64. The number of fused-ring (bicyclic) bond motifs is 1. The van der Waals surface area contributed by atoms with E-state index in [0.29, 0.717) is 6.54 Å². The average molecular weight is 281 g/mol. The van der Waals surface area contributed by atoms with E-state index in [1.54, 1.807) is 6.20 Å². The second-order valence-electron chi connectivity index (χ2n) is 5.20. The largest absolute Gasteiger partial charge is 0.354 e. The Bertz CT molecular complexity index is 762. The zero-order valence-corrected chi connectivity index (χ0v) is 12.3. The van der Waals surface area contributed by atoms with E-state index in [2.05, 4.69) is 27.1 Å². The first kappa shape index (κ1) is 13.6. The average Bonchev–Trinajstić information content (AvgIpc) is 2.87. The Morgan fingerprint density at radius 1 is 1.24 bits per heavy atom. The summed E-state index contributed by atoms with van der Waals surface area (Å²) in [5.41, 5.74) is 10.2. The third-order valence-electron chi connectivity index (χ3n) is 3.60. The highest BCUT2D eigenvalue weighted by molar-refractivity contribution is 5.68. The molecule has 0 aliphatic rings. The van der Waals surface area contributed by atoms with Crippen LogP contribution in [0.1, 0.15) is 16.8 Å². The Morgan fingerprint density at radius 2 is 2.00 bits per heavy atom. The van der Waals surface area contributed by atoms with Gasteiger partial charge in [-0.15, -0.1) is 0 Å². The van der Waals surface area contributed by atoms with Gasteiger partial charge in [0.15, 0.2) is 5.82 Å². The molecule has 0 unspecified atom stereocenters. The van der Waals surface area contributed by atoms with Crippen molar-refractivity contribution < 1.29 is 0 Å². The van der Waals surface area contributed by atoms with Gasteiger partial charge in [0.1, 0.15) is 5.52 Å². The Morgan fingerprint density at radius 3 is 2.76 bits per heavy atom. The van der Waals surface area contributed by atoms with Gasteiger partial charge >= 0.3 is 0 Å². The number of benzene rings is 1. The van der Waals surface area contributed by atoms with Crippen molar-refractivity contribution in [1.82, 2.24) is 14.6 Å². The summed E-state index contributed by atoms with van der Waals surface area (Å²) in [5.74, 6) is 0.921. The van der Waals surface area contributed by atoms with Gasteiger partial charge in [-0.1, -0.05) is 24.3 Å². The van der Waals surface area contributed by atoms with Crippen LogP contribution in [0.3, 0.4) is 0 Å². The lowest BCUT2D eigenvalue weighted by Crippen LogP contribution is -2.20. The molecule has 0 fully saturated rings. The van der Waals surface area contributed by atoms with Crippen LogP contribution in [0.5, 0.6) is 0 Å². The molecule has 0 saturated heterocycles. The Balaban J connectivity index is 1.95. The molecule has 3 aromatic rings. The molecule has 0 atom stereocenters. The number of anilines is 1. The normalized spacial score (nSPS) is 11.0. The molecule has 21 heavy (non-hydrogen) atoms. The Hall–Kier alpha value is -2.40. The molecule has 2 heterocycles. The van der Waals surface area contributed by atoms with Gasteiger partial charge in [0.2, 0.25) is 0 Å². The van der Waals surface area contributed by atoms with Gasteiger partial charge in [-0.3, -0.25) is 0 Å². The second kappa shape index (κ2) is 5.54. The lowest BCUT2D eigenvalue weighted by molar-refractivity contribution is 0.859. The van der Waals surface area contributed by atoms with Crippen LogP contribution in [0.4, 0.5) is 5.82 Å². The van der Waals surface area contributed by atoms with Crippen molar-refractivity contribution in [1.29, 1.82) is 0 Å². The Kier molecular flexibility index (Phi) is 3.58. The summed E-state index contributed by atoms with van der Waals surface area (Å²) in [6, 6.07) is 10.3. The molecular weight excluding hydrogens is 262 g/mol. The van der Waals surface area contributed by atoms with Gasteiger partial charge in [-0.25, -0.2) is 9.50 Å². The molecule has 5 heteroatoms. The number of nitrogens with two attached hydrogens (primary N) is 1. The lowest BCUT2D eigenvalue weighted by atomic mass is 10.1. The molecule has 5 nitrogen and oxygen atoms in total. The zero-order chi connectivity index (χ0) is 14.8. The second-order valence-corrected chi connectivity index (χ2v) is 5.20. The van der Waals surface area contributed by atoms with Gasteiger partial charge in [0.05, 0.1) is 5.69 Å². The van der Waals surface area contributed by atoms with E-state index in [4.69, 9.17) is 5.73 Å². The quantitative estimate of drug-likeness (QED) is 0.796. The van der Waals surface area contributed by atoms with Crippen molar-refractivity contribution in [3.8, 4) is 0 Å². The van der Waals surface area contributed by atoms with Gasteiger partial charge in [0, 0.05) is 32.5 Å². The SMILES string of the molecule is Cc1cc2c(N(C)Cc3ccccc3CN)nccn2n1. The van der Waals surface area contributed by atoms with Gasteiger partial charge in [-0.2, -0.15) is 5.10 Å². The molecule has 0 radical (unpaired) electrons. The fourth-order valence-electron chi connectivity index (χ4n) is 2.57. The molecule has 108 valence electrons. The maximum atomic E-state index is 5.81. The van der Waals surface area contributed by atoms with Crippen LogP contribution in [0.2, 0.25) is 0 Å². The van der Waals surface area contributed by atoms with Crippen molar-refractivity contribution >= 4 is 11.3 Å². The highest BCUT2D eigenvalue weighted by Gasteiger charge is 2.11. The van der Waals surface area contributed by atoms with Gasteiger partial charge in [-0.05, 0) is 24.1 Å². The van der Waals surface area contributed by atoms with Crippen molar-refractivity contribution in [3.63, 3.8) is 0 Å². The number of nitrogens with zero attached hydrogens (tertiary/aromatic N) is 4. The smallest absolute Gasteiger partial charge is 0.154 e. The molecule has 2 aromatic heterocycles. The number of hydrogen-bond donors (Lipinski definition) is 1. The first-order valence-corrected chi connectivity index (χ1v) is 6.98. The highest BCUT2D eigenvalue weighted by atomic mass is 15.3. The first-order valence-electron chi connectivity index (χ1n) is 6.98. The molecule has 0 saturated carbocycles.